The van der Waals surface area contributed by atoms with Crippen LogP contribution < -0.4 is 10.1 Å². The van der Waals surface area contributed by atoms with Crippen LogP contribution >= 0.6 is 0 Å². The summed E-state index contributed by atoms with van der Waals surface area (Å²) in [7, 11) is 1.30. The van der Waals surface area contributed by atoms with Crippen molar-refractivity contribution in [1.29, 1.82) is 0 Å². The lowest BCUT2D eigenvalue weighted by Crippen LogP contribution is -2.37. The zero-order valence-electron chi connectivity index (χ0n) is 19.1. The van der Waals surface area contributed by atoms with Gasteiger partial charge in [-0.05, 0) is 19.9 Å². The zero-order chi connectivity index (χ0) is 24.9. The standard InChI is InChI=1S/C24H21F2N5O4/c1-24(2)12-35-11-19-21(13-6-4-5-7-17(13)30(19)24)22-15(26)10-27-23(29-22)28-16-9-18(31(32)33)14(25)8-20(16)34-3/h4-10H,11-12H2,1-3H3,(H,27,28,29). The summed E-state index contributed by atoms with van der Waals surface area (Å²) in [6, 6.07) is 9.52. The summed E-state index contributed by atoms with van der Waals surface area (Å²) in [5.74, 6) is -1.73. The minimum atomic E-state index is -1.05. The fourth-order valence-corrected chi connectivity index (χ4v) is 4.52. The van der Waals surface area contributed by atoms with Crippen molar-refractivity contribution in [3.8, 4) is 17.0 Å². The molecular formula is C24H21F2N5O4. The van der Waals surface area contributed by atoms with E-state index in [4.69, 9.17) is 9.47 Å². The van der Waals surface area contributed by atoms with E-state index in [2.05, 4.69) is 19.9 Å². The van der Waals surface area contributed by atoms with Crippen LogP contribution in [0.2, 0.25) is 0 Å². The Labute approximate surface area is 198 Å². The van der Waals surface area contributed by atoms with Crippen molar-refractivity contribution in [1.82, 2.24) is 14.5 Å². The van der Waals surface area contributed by atoms with E-state index in [9.17, 15) is 14.5 Å². The van der Waals surface area contributed by atoms with Gasteiger partial charge in [0.25, 0.3) is 0 Å². The minimum absolute atomic E-state index is 0.00409. The van der Waals surface area contributed by atoms with Crippen molar-refractivity contribution in [2.75, 3.05) is 19.0 Å². The van der Waals surface area contributed by atoms with Crippen LogP contribution in [0.3, 0.4) is 0 Å². The van der Waals surface area contributed by atoms with E-state index in [0.717, 1.165) is 34.9 Å². The van der Waals surface area contributed by atoms with Gasteiger partial charge < -0.3 is 19.4 Å². The van der Waals surface area contributed by atoms with Gasteiger partial charge in [-0.2, -0.15) is 4.39 Å². The third kappa shape index (κ3) is 3.73. The topological polar surface area (TPSA) is 104 Å². The van der Waals surface area contributed by atoms with Gasteiger partial charge in [0, 0.05) is 28.6 Å². The van der Waals surface area contributed by atoms with Crippen LogP contribution in [-0.2, 0) is 16.9 Å². The Bertz CT molecular complexity index is 1480. The summed E-state index contributed by atoms with van der Waals surface area (Å²) in [5.41, 5.74) is 1.28. The highest BCUT2D eigenvalue weighted by Gasteiger charge is 2.33. The smallest absolute Gasteiger partial charge is 0.307 e. The van der Waals surface area contributed by atoms with Gasteiger partial charge in [0.05, 0.1) is 48.4 Å². The molecule has 4 aromatic rings. The number of fused-ring (bicyclic) bond motifs is 3. The van der Waals surface area contributed by atoms with Crippen molar-refractivity contribution < 1.29 is 23.2 Å². The highest BCUT2D eigenvalue weighted by atomic mass is 19.1. The first-order valence-corrected chi connectivity index (χ1v) is 10.7. The Balaban J connectivity index is 1.67. The SMILES string of the molecule is COc1cc(F)c([N+](=O)[O-])cc1Nc1ncc(F)c(-c2c3n(c4ccccc24)C(C)(C)COC3)n1. The number of rotatable bonds is 5. The molecule has 180 valence electrons. The molecule has 0 saturated heterocycles. The maximum absolute atomic E-state index is 15.2. The third-order valence-electron chi connectivity index (χ3n) is 5.97. The molecule has 2 aromatic carbocycles. The van der Waals surface area contributed by atoms with Crippen LogP contribution in [0.15, 0.2) is 42.6 Å². The number of hydrogen-bond donors (Lipinski definition) is 1. The van der Waals surface area contributed by atoms with Crippen LogP contribution in [0.4, 0.5) is 26.1 Å². The Morgan fingerprint density at radius 2 is 2.00 bits per heavy atom. The predicted octanol–water partition coefficient (Wildman–Crippen LogP) is 5.30. The molecule has 3 heterocycles. The predicted molar refractivity (Wildman–Crippen MR) is 125 cm³/mol. The number of hydrogen-bond acceptors (Lipinski definition) is 7. The number of nitrogens with one attached hydrogen (secondary N) is 1. The van der Waals surface area contributed by atoms with E-state index in [0.29, 0.717) is 12.2 Å². The zero-order valence-corrected chi connectivity index (χ0v) is 19.1. The quantitative estimate of drug-likeness (QED) is 0.305. The molecule has 0 atom stereocenters. The Morgan fingerprint density at radius 1 is 1.23 bits per heavy atom. The monoisotopic (exact) mass is 481 g/mol. The molecular weight excluding hydrogens is 460 g/mol. The molecule has 5 rings (SSSR count). The van der Waals surface area contributed by atoms with Crippen LogP contribution in [0.5, 0.6) is 5.75 Å². The molecule has 0 bridgehead atoms. The normalized spacial score (nSPS) is 14.5. The molecule has 0 aliphatic carbocycles. The van der Waals surface area contributed by atoms with E-state index in [-0.39, 0.29) is 35.2 Å². The second-order valence-corrected chi connectivity index (χ2v) is 8.76. The van der Waals surface area contributed by atoms with Gasteiger partial charge in [0.15, 0.2) is 5.82 Å². The number of ether oxygens (including phenoxy) is 2. The number of anilines is 2. The van der Waals surface area contributed by atoms with Crippen molar-refractivity contribution in [2.45, 2.75) is 26.0 Å². The summed E-state index contributed by atoms with van der Waals surface area (Å²) >= 11 is 0. The second kappa shape index (κ2) is 8.27. The molecule has 1 aliphatic heterocycles. The molecule has 1 aliphatic rings. The molecule has 1 N–H and O–H groups in total. The van der Waals surface area contributed by atoms with Gasteiger partial charge >= 0.3 is 5.69 Å². The fraction of sp³-hybridized carbons (Fsp3) is 0.250. The fourth-order valence-electron chi connectivity index (χ4n) is 4.52. The van der Waals surface area contributed by atoms with Crippen LogP contribution in [-0.4, -0.2) is 33.2 Å². The number of methoxy groups -OCH3 is 1. The van der Waals surface area contributed by atoms with Crippen LogP contribution in [0.1, 0.15) is 19.5 Å². The summed E-state index contributed by atoms with van der Waals surface area (Å²) in [4.78, 5) is 18.7. The van der Waals surface area contributed by atoms with Gasteiger partial charge in [-0.25, -0.2) is 14.4 Å². The van der Waals surface area contributed by atoms with Gasteiger partial charge in [0.1, 0.15) is 11.4 Å². The highest BCUT2D eigenvalue weighted by Crippen LogP contribution is 2.41. The first kappa shape index (κ1) is 22.7. The van der Waals surface area contributed by atoms with Crippen LogP contribution in [0.25, 0.3) is 22.2 Å². The largest absolute Gasteiger partial charge is 0.494 e. The number of nitro benzene ring substituents is 1. The average Bonchev–Trinajstić information content (AvgIpc) is 3.16. The maximum Gasteiger partial charge on any atom is 0.307 e. The summed E-state index contributed by atoms with van der Waals surface area (Å²) in [6.45, 7) is 4.86. The van der Waals surface area contributed by atoms with Crippen LogP contribution in [0, 0.1) is 21.7 Å². The Morgan fingerprint density at radius 3 is 2.74 bits per heavy atom. The van der Waals surface area contributed by atoms with E-state index >= 15 is 4.39 Å². The first-order chi connectivity index (χ1) is 16.7. The number of nitrogens with zero attached hydrogens (tertiary/aromatic N) is 4. The number of aromatic nitrogens is 3. The van der Waals surface area contributed by atoms with E-state index < -0.39 is 22.2 Å². The number of halogens is 2. The molecule has 0 radical (unpaired) electrons. The second-order valence-electron chi connectivity index (χ2n) is 8.76. The third-order valence-corrected chi connectivity index (χ3v) is 5.97. The molecule has 0 saturated carbocycles. The van der Waals surface area contributed by atoms with Crippen molar-refractivity contribution in [2.24, 2.45) is 0 Å². The molecule has 9 nitrogen and oxygen atoms in total. The molecule has 0 spiro atoms. The van der Waals surface area contributed by atoms with E-state index in [1.807, 2.05) is 38.1 Å². The molecule has 11 heteroatoms. The molecule has 0 fully saturated rings. The van der Waals surface area contributed by atoms with Crippen molar-refractivity contribution in [3.63, 3.8) is 0 Å². The number of nitro groups is 1. The molecule has 2 aromatic heterocycles. The first-order valence-electron chi connectivity index (χ1n) is 10.7. The number of para-hydroxylation sites is 1. The van der Waals surface area contributed by atoms with E-state index in [1.54, 1.807) is 0 Å². The molecule has 0 amide bonds. The van der Waals surface area contributed by atoms with Gasteiger partial charge in [0.2, 0.25) is 11.8 Å². The van der Waals surface area contributed by atoms with E-state index in [1.165, 1.54) is 7.11 Å². The van der Waals surface area contributed by atoms with Gasteiger partial charge in [-0.3, -0.25) is 10.1 Å². The van der Waals surface area contributed by atoms with Crippen molar-refractivity contribution in [3.05, 3.63) is 70.0 Å². The molecule has 0 unspecified atom stereocenters. The lowest BCUT2D eigenvalue weighted by molar-refractivity contribution is -0.387. The number of benzene rings is 2. The van der Waals surface area contributed by atoms with Gasteiger partial charge in [-0.15, -0.1) is 0 Å². The minimum Gasteiger partial charge on any atom is -0.494 e. The molecule has 35 heavy (non-hydrogen) atoms. The van der Waals surface area contributed by atoms with Crippen molar-refractivity contribution >= 4 is 28.2 Å². The lowest BCUT2D eigenvalue weighted by Gasteiger charge is -2.34. The summed E-state index contributed by atoms with van der Waals surface area (Å²) in [5, 5.41) is 14.8. The summed E-state index contributed by atoms with van der Waals surface area (Å²) < 4.78 is 42.3. The summed E-state index contributed by atoms with van der Waals surface area (Å²) in [6.07, 6.45) is 1.02. The Kier molecular flexibility index (Phi) is 5.36. The maximum atomic E-state index is 15.2. The highest BCUT2D eigenvalue weighted by molar-refractivity contribution is 5.98. The average molecular weight is 481 g/mol. The van der Waals surface area contributed by atoms with Gasteiger partial charge in [-0.1, -0.05) is 18.2 Å². The Hall–Kier alpha value is -4.12. The lowest BCUT2D eigenvalue weighted by atomic mass is 10.0.